The van der Waals surface area contributed by atoms with Crippen molar-refractivity contribution in [2.45, 2.75) is 38.9 Å². The number of aryl methyl sites for hydroxylation is 1. The third-order valence-corrected chi connectivity index (χ3v) is 5.61. The number of amides is 3. The summed E-state index contributed by atoms with van der Waals surface area (Å²) in [5.41, 5.74) is 1.42. The highest BCUT2D eigenvalue weighted by atomic mass is 16.5. The quantitative estimate of drug-likeness (QED) is 0.614. The van der Waals surface area contributed by atoms with Crippen molar-refractivity contribution in [3.63, 3.8) is 0 Å². The molecular formula is C22H29N5O4. The Morgan fingerprint density at radius 3 is 2.61 bits per heavy atom. The molecule has 0 saturated heterocycles. The van der Waals surface area contributed by atoms with E-state index >= 15 is 0 Å². The lowest BCUT2D eigenvalue weighted by Gasteiger charge is -2.40. The number of rotatable bonds is 8. The number of methoxy groups -OCH3 is 1. The Bertz CT molecular complexity index is 969. The van der Waals surface area contributed by atoms with Crippen molar-refractivity contribution in [1.29, 1.82) is 0 Å². The lowest BCUT2D eigenvalue weighted by atomic mass is 9.95. The van der Waals surface area contributed by atoms with E-state index < -0.39 is 5.54 Å². The first-order valence-electron chi connectivity index (χ1n) is 10.2. The summed E-state index contributed by atoms with van der Waals surface area (Å²) < 4.78 is 6.40. The Morgan fingerprint density at radius 1 is 1.23 bits per heavy atom. The largest absolute Gasteiger partial charge is 0.385 e. The number of aromatic nitrogens is 2. The summed E-state index contributed by atoms with van der Waals surface area (Å²) in [5, 5.41) is 9.96. The summed E-state index contributed by atoms with van der Waals surface area (Å²) in [7, 11) is 3.19. The van der Waals surface area contributed by atoms with Crippen LogP contribution in [-0.2, 0) is 22.6 Å². The standard InChI is InChI=1S/C22H29N5O4/c1-15-6-8-16(9-7-15)13-24-21(30)22(2)14-27-18(20(29)26(22)3)12-17(25-27)19(28)23-10-5-11-31-4/h6-9,12H,5,10-11,13-14H2,1-4H3,(H,23,28)(H,24,30)/t22-/m0/s1. The number of hydrogen-bond donors (Lipinski definition) is 2. The fourth-order valence-electron chi connectivity index (χ4n) is 3.43. The van der Waals surface area contributed by atoms with Crippen LogP contribution in [0.4, 0.5) is 0 Å². The van der Waals surface area contributed by atoms with Gasteiger partial charge < -0.3 is 20.3 Å². The van der Waals surface area contributed by atoms with Crippen LogP contribution < -0.4 is 10.6 Å². The monoisotopic (exact) mass is 427 g/mol. The Morgan fingerprint density at radius 2 is 1.94 bits per heavy atom. The zero-order valence-electron chi connectivity index (χ0n) is 18.4. The van der Waals surface area contributed by atoms with Crippen LogP contribution in [0, 0.1) is 6.92 Å². The van der Waals surface area contributed by atoms with E-state index in [4.69, 9.17) is 4.74 Å². The molecule has 0 aliphatic carbocycles. The van der Waals surface area contributed by atoms with Gasteiger partial charge in [0.05, 0.1) is 6.54 Å². The summed E-state index contributed by atoms with van der Waals surface area (Å²) in [6.45, 7) is 5.20. The number of nitrogens with one attached hydrogen (secondary N) is 2. The van der Waals surface area contributed by atoms with Crippen molar-refractivity contribution in [2.75, 3.05) is 27.3 Å². The molecule has 3 amide bonds. The minimum absolute atomic E-state index is 0.151. The highest BCUT2D eigenvalue weighted by Gasteiger charge is 2.46. The van der Waals surface area contributed by atoms with Crippen molar-refractivity contribution < 1.29 is 19.1 Å². The molecule has 9 nitrogen and oxygen atoms in total. The molecule has 0 fully saturated rings. The van der Waals surface area contributed by atoms with E-state index in [1.54, 1.807) is 21.1 Å². The van der Waals surface area contributed by atoms with Crippen LogP contribution in [0.5, 0.6) is 0 Å². The summed E-state index contributed by atoms with van der Waals surface area (Å²) in [5.74, 6) is -1.00. The molecule has 166 valence electrons. The van der Waals surface area contributed by atoms with E-state index in [0.29, 0.717) is 26.1 Å². The Labute approximate surface area is 181 Å². The Balaban J connectivity index is 1.71. The first kappa shape index (κ1) is 22.5. The molecule has 1 aliphatic heterocycles. The molecule has 2 N–H and O–H groups in total. The van der Waals surface area contributed by atoms with E-state index in [-0.39, 0.29) is 35.7 Å². The van der Waals surface area contributed by atoms with Gasteiger partial charge in [0.15, 0.2) is 5.69 Å². The highest BCUT2D eigenvalue weighted by molar-refractivity contribution is 6.01. The van der Waals surface area contributed by atoms with Gasteiger partial charge in [0, 0.05) is 39.9 Å². The summed E-state index contributed by atoms with van der Waals surface area (Å²) in [6.07, 6.45) is 0.677. The van der Waals surface area contributed by atoms with Crippen molar-refractivity contribution in [3.05, 3.63) is 52.8 Å². The molecule has 0 unspecified atom stereocenters. The second kappa shape index (κ2) is 9.30. The van der Waals surface area contributed by atoms with Gasteiger partial charge in [-0.15, -0.1) is 0 Å². The molecule has 3 rings (SSSR count). The molecular weight excluding hydrogens is 398 g/mol. The molecule has 0 radical (unpaired) electrons. The van der Waals surface area contributed by atoms with Gasteiger partial charge >= 0.3 is 0 Å². The van der Waals surface area contributed by atoms with Crippen LogP contribution in [0.3, 0.4) is 0 Å². The zero-order valence-corrected chi connectivity index (χ0v) is 18.4. The van der Waals surface area contributed by atoms with Crippen LogP contribution in [0.25, 0.3) is 0 Å². The first-order valence-corrected chi connectivity index (χ1v) is 10.2. The molecule has 0 spiro atoms. The zero-order chi connectivity index (χ0) is 22.6. The molecule has 31 heavy (non-hydrogen) atoms. The smallest absolute Gasteiger partial charge is 0.272 e. The van der Waals surface area contributed by atoms with Crippen LogP contribution in [0.2, 0.25) is 0 Å². The number of nitrogens with zero attached hydrogens (tertiary/aromatic N) is 3. The fraction of sp³-hybridized carbons (Fsp3) is 0.455. The average molecular weight is 428 g/mol. The third-order valence-electron chi connectivity index (χ3n) is 5.61. The molecule has 0 saturated carbocycles. The minimum Gasteiger partial charge on any atom is -0.385 e. The van der Waals surface area contributed by atoms with Gasteiger partial charge in [0.2, 0.25) is 5.91 Å². The van der Waals surface area contributed by atoms with Crippen LogP contribution >= 0.6 is 0 Å². The predicted octanol–water partition coefficient (Wildman–Crippen LogP) is 1.12. The molecule has 2 heterocycles. The van der Waals surface area contributed by atoms with Crippen molar-refractivity contribution >= 4 is 17.7 Å². The molecule has 1 aromatic heterocycles. The maximum atomic E-state index is 13.0. The molecule has 2 aromatic rings. The number of carbonyl (C=O) groups is 3. The van der Waals surface area contributed by atoms with E-state index in [1.165, 1.54) is 15.6 Å². The minimum atomic E-state index is -1.13. The number of ether oxygens (including phenoxy) is 1. The number of benzene rings is 1. The van der Waals surface area contributed by atoms with Gasteiger partial charge in [0.25, 0.3) is 11.8 Å². The number of likely N-dealkylation sites (N-methyl/N-ethyl adjacent to an activating group) is 1. The second-order valence-corrected chi connectivity index (χ2v) is 7.98. The average Bonchev–Trinajstić information content (AvgIpc) is 3.18. The van der Waals surface area contributed by atoms with Crippen molar-refractivity contribution in [3.8, 4) is 0 Å². The van der Waals surface area contributed by atoms with E-state index in [9.17, 15) is 14.4 Å². The first-order chi connectivity index (χ1) is 14.8. The van der Waals surface area contributed by atoms with E-state index in [1.807, 2.05) is 31.2 Å². The topological polar surface area (TPSA) is 106 Å². The van der Waals surface area contributed by atoms with Crippen LogP contribution in [-0.4, -0.2) is 65.2 Å². The second-order valence-electron chi connectivity index (χ2n) is 7.98. The molecule has 0 bridgehead atoms. The number of fused-ring (bicyclic) bond motifs is 1. The van der Waals surface area contributed by atoms with Gasteiger partial charge in [-0.05, 0) is 25.8 Å². The van der Waals surface area contributed by atoms with Gasteiger partial charge in [-0.3, -0.25) is 19.1 Å². The summed E-state index contributed by atoms with van der Waals surface area (Å²) in [6, 6.07) is 9.34. The van der Waals surface area contributed by atoms with E-state index in [2.05, 4.69) is 15.7 Å². The van der Waals surface area contributed by atoms with Gasteiger partial charge in [0.1, 0.15) is 11.2 Å². The number of carbonyl (C=O) groups excluding carboxylic acids is 3. The number of hydrogen-bond acceptors (Lipinski definition) is 5. The van der Waals surface area contributed by atoms with Crippen molar-refractivity contribution in [1.82, 2.24) is 25.3 Å². The van der Waals surface area contributed by atoms with Crippen LogP contribution in [0.1, 0.15) is 45.4 Å². The fourth-order valence-corrected chi connectivity index (χ4v) is 3.43. The van der Waals surface area contributed by atoms with Crippen molar-refractivity contribution in [2.24, 2.45) is 0 Å². The summed E-state index contributed by atoms with van der Waals surface area (Å²) in [4.78, 5) is 39.7. The Hall–Kier alpha value is -3.20. The molecule has 1 aromatic carbocycles. The van der Waals surface area contributed by atoms with Gasteiger partial charge in [-0.2, -0.15) is 5.10 Å². The predicted molar refractivity (Wildman–Crippen MR) is 115 cm³/mol. The maximum absolute atomic E-state index is 13.0. The SMILES string of the molecule is COCCCNC(=O)c1cc2n(n1)C[C@@](C)(C(=O)NCc1ccc(C)cc1)N(C)C2=O. The van der Waals surface area contributed by atoms with Gasteiger partial charge in [-0.1, -0.05) is 29.8 Å². The third kappa shape index (κ3) is 4.77. The maximum Gasteiger partial charge on any atom is 0.272 e. The lowest BCUT2D eigenvalue weighted by molar-refractivity contribution is -0.132. The molecule has 1 aliphatic rings. The molecule has 9 heteroatoms. The van der Waals surface area contributed by atoms with Gasteiger partial charge in [-0.25, -0.2) is 0 Å². The van der Waals surface area contributed by atoms with E-state index in [0.717, 1.165) is 11.1 Å². The van der Waals surface area contributed by atoms with Crippen LogP contribution in [0.15, 0.2) is 30.3 Å². The normalized spacial score (nSPS) is 17.9. The Kier molecular flexibility index (Phi) is 6.74. The highest BCUT2D eigenvalue weighted by Crippen LogP contribution is 2.26. The molecule has 1 atom stereocenters. The lowest BCUT2D eigenvalue weighted by Crippen LogP contribution is -2.62. The summed E-state index contributed by atoms with van der Waals surface area (Å²) >= 11 is 0.